The van der Waals surface area contributed by atoms with Crippen LogP contribution in [0.4, 0.5) is 0 Å². The molecular formula is C37H45N5O7. The van der Waals surface area contributed by atoms with Crippen LogP contribution in [0.1, 0.15) is 98.4 Å². The van der Waals surface area contributed by atoms with Crippen LogP contribution in [0, 0.1) is 13.8 Å². The van der Waals surface area contributed by atoms with E-state index in [0.29, 0.717) is 18.5 Å². The molecule has 260 valence electrons. The van der Waals surface area contributed by atoms with Crippen molar-refractivity contribution >= 4 is 62.2 Å². The average Bonchev–Trinajstić information content (AvgIpc) is 3.72. The number of allylic oxidation sites excluding steroid dienone is 4. The minimum atomic E-state index is -0.864. The van der Waals surface area contributed by atoms with E-state index < -0.39 is 31.2 Å². The molecule has 0 aromatic carbocycles. The minimum absolute atomic E-state index is 0.00162. The van der Waals surface area contributed by atoms with Gasteiger partial charge in [-0.3, -0.25) is 14.4 Å². The maximum absolute atomic E-state index is 11.5. The summed E-state index contributed by atoms with van der Waals surface area (Å²) in [5.74, 6) is -2.29. The van der Waals surface area contributed by atoms with Crippen molar-refractivity contribution in [2.45, 2.75) is 80.1 Å². The highest BCUT2D eigenvalue weighted by molar-refractivity contribution is 5.95. The molecule has 0 atom stereocenters. The molecule has 1 amide bonds. The Hall–Kier alpha value is -5.07. The van der Waals surface area contributed by atoms with Gasteiger partial charge in [-0.05, 0) is 122 Å². The second-order valence-corrected chi connectivity index (χ2v) is 12.1. The summed E-state index contributed by atoms with van der Waals surface area (Å²) in [6.07, 6.45) is 2.39. The number of aryl methyl sites for hydroxylation is 4. The van der Waals surface area contributed by atoms with Gasteiger partial charge in [0.1, 0.15) is 13.3 Å². The second-order valence-electron chi connectivity index (χ2n) is 12.1. The monoisotopic (exact) mass is 671 g/mol. The fourth-order valence-electron chi connectivity index (χ4n) is 6.36. The van der Waals surface area contributed by atoms with Gasteiger partial charge in [0.15, 0.2) is 0 Å². The van der Waals surface area contributed by atoms with Crippen LogP contribution < -0.4 is 5.32 Å². The van der Waals surface area contributed by atoms with Gasteiger partial charge in [-0.1, -0.05) is 13.8 Å². The Balaban J connectivity index is 0.000000698. The first-order valence-electron chi connectivity index (χ1n) is 16.4. The molecule has 0 saturated heterocycles. The number of aromatic amines is 2. The van der Waals surface area contributed by atoms with Gasteiger partial charge < -0.3 is 35.7 Å². The minimum Gasteiger partial charge on any atom is -0.481 e. The molecule has 49 heavy (non-hydrogen) atoms. The van der Waals surface area contributed by atoms with Gasteiger partial charge in [0.05, 0.1) is 22.8 Å². The number of aliphatic carboxylic acids is 2. The molecule has 0 unspecified atom stereocenters. The van der Waals surface area contributed by atoms with E-state index in [-0.39, 0.29) is 12.8 Å². The largest absolute Gasteiger partial charge is 0.481 e. The van der Waals surface area contributed by atoms with Gasteiger partial charge in [0, 0.05) is 34.9 Å². The molecule has 8 bridgehead atoms. The number of aliphatic hydroxyl groups excluding tert-OH is 2. The summed E-state index contributed by atoms with van der Waals surface area (Å²) in [6, 6.07) is 8.19. The molecule has 3 aromatic heterocycles. The molecule has 5 rings (SSSR count). The molecule has 2 aliphatic heterocycles. The zero-order valence-electron chi connectivity index (χ0n) is 28.9. The number of amides is 1. The predicted molar refractivity (Wildman–Crippen MR) is 190 cm³/mol. The Bertz CT molecular complexity index is 2020. The van der Waals surface area contributed by atoms with E-state index in [0.717, 1.165) is 85.4 Å². The van der Waals surface area contributed by atoms with E-state index >= 15 is 0 Å². The lowest BCUT2D eigenvalue weighted by molar-refractivity contribution is -0.137. The van der Waals surface area contributed by atoms with Crippen LogP contribution in [-0.2, 0) is 27.2 Å². The fourth-order valence-corrected chi connectivity index (χ4v) is 6.36. The molecule has 0 radical (unpaired) electrons. The number of nitrogens with one attached hydrogen (secondary N) is 3. The molecule has 0 aliphatic carbocycles. The van der Waals surface area contributed by atoms with E-state index in [2.05, 4.69) is 49.8 Å². The number of carbonyl (C=O) groups is 3. The van der Waals surface area contributed by atoms with E-state index in [9.17, 15) is 24.6 Å². The van der Waals surface area contributed by atoms with Crippen molar-refractivity contribution in [3.05, 3.63) is 69.3 Å². The van der Waals surface area contributed by atoms with Crippen LogP contribution >= 0.6 is 0 Å². The van der Waals surface area contributed by atoms with Crippen LogP contribution in [-0.4, -0.2) is 71.5 Å². The molecule has 7 N–H and O–H groups in total. The Morgan fingerprint density at radius 3 is 1.63 bits per heavy atom. The van der Waals surface area contributed by atoms with Gasteiger partial charge >= 0.3 is 11.9 Å². The lowest BCUT2D eigenvalue weighted by Crippen LogP contribution is -2.26. The zero-order chi connectivity index (χ0) is 36.0. The number of H-pyrrole nitrogens is 2. The molecule has 12 nitrogen and oxygen atoms in total. The summed E-state index contributed by atoms with van der Waals surface area (Å²) < 4.78 is 0. The van der Waals surface area contributed by atoms with Gasteiger partial charge in [0.25, 0.3) is 0 Å². The molecule has 0 spiro atoms. The van der Waals surface area contributed by atoms with E-state index in [1.165, 1.54) is 11.1 Å². The average molecular weight is 672 g/mol. The van der Waals surface area contributed by atoms with Crippen LogP contribution in [0.25, 0.3) is 44.4 Å². The molecular weight excluding hydrogens is 626 g/mol. The molecule has 5 heterocycles. The fraction of sp³-hybridized carbons (Fsp3) is 0.378. The number of rotatable bonds is 10. The third-order valence-electron chi connectivity index (χ3n) is 9.11. The highest BCUT2D eigenvalue weighted by Gasteiger charge is 2.21. The van der Waals surface area contributed by atoms with Crippen LogP contribution in [0.3, 0.4) is 0 Å². The first-order chi connectivity index (χ1) is 23.3. The van der Waals surface area contributed by atoms with E-state index in [1.807, 2.05) is 31.3 Å². The highest BCUT2D eigenvalue weighted by Crippen LogP contribution is 2.36. The van der Waals surface area contributed by atoms with Crippen molar-refractivity contribution in [1.82, 2.24) is 25.3 Å². The van der Waals surface area contributed by atoms with Crippen molar-refractivity contribution in [2.24, 2.45) is 0 Å². The molecule has 0 saturated carbocycles. The van der Waals surface area contributed by atoms with Gasteiger partial charge in [-0.2, -0.15) is 0 Å². The Labute approximate surface area is 284 Å². The number of aliphatic hydroxyl groups is 2. The van der Waals surface area contributed by atoms with Crippen molar-refractivity contribution in [1.29, 1.82) is 0 Å². The number of hydrogen-bond donors (Lipinski definition) is 7. The maximum atomic E-state index is 11.5. The normalized spacial score (nSPS) is 12.6. The van der Waals surface area contributed by atoms with Crippen molar-refractivity contribution < 1.29 is 34.8 Å². The number of carbonyl (C=O) groups excluding carboxylic acids is 1. The molecule has 2 aliphatic rings. The summed E-state index contributed by atoms with van der Waals surface area (Å²) in [4.78, 5) is 50.2. The number of aromatic nitrogens is 4. The van der Waals surface area contributed by atoms with Crippen LogP contribution in [0.5, 0.6) is 0 Å². The summed E-state index contributed by atoms with van der Waals surface area (Å²) in [6.45, 7) is 11.5. The van der Waals surface area contributed by atoms with E-state index in [1.54, 1.807) is 0 Å². The number of carboxylic acid groups (broad SMARTS) is 2. The summed E-state index contributed by atoms with van der Waals surface area (Å²) in [5.41, 5.74) is 15.4. The number of hydrogen-bond acceptors (Lipinski definition) is 7. The van der Waals surface area contributed by atoms with Gasteiger partial charge in [0.2, 0.25) is 5.91 Å². The molecule has 12 heteroatoms. The number of nitrogens with zero attached hydrogens (tertiary/aromatic N) is 2. The third-order valence-corrected chi connectivity index (χ3v) is 9.11. The topological polar surface area (TPSA) is 202 Å². The predicted octanol–water partition coefficient (Wildman–Crippen LogP) is 5.69. The SMILES string of the molecule is CCC1=C(C)c2cc3[nH]c(cc4nc(cc5[nH]c(cc1n2)c(C)c5CCC(=O)O)C(CCC(=O)O)=C4C)c(C)c3CC.O=C(CO)NCO. The van der Waals surface area contributed by atoms with E-state index in [4.69, 9.17) is 20.2 Å². The number of fused-ring (bicyclic) bond motifs is 8. The summed E-state index contributed by atoms with van der Waals surface area (Å²) in [7, 11) is 0. The standard InChI is InChI=1S/C34H38N4O4.C3H7NO3/c1-7-21-17(3)25-13-26-19(5)23(9-11-33(39)40)31(37-26)16-32-24(10-12-34(41)42)20(6)28(38-32)15-30-22(8-2)18(4)27(36-30)14-29(21)35-25;5-1-3(7)4-2-6/h13-16,35,38H,7-12H2,1-6H3,(H,39,40)(H,41,42);5-6H,1-2H2,(H,4,7). The molecule has 0 fully saturated rings. The van der Waals surface area contributed by atoms with Gasteiger partial charge in [-0.15, -0.1) is 0 Å². The van der Waals surface area contributed by atoms with Crippen molar-refractivity contribution in [3.8, 4) is 0 Å². The maximum Gasteiger partial charge on any atom is 0.303 e. The zero-order valence-corrected chi connectivity index (χ0v) is 28.9. The smallest absolute Gasteiger partial charge is 0.303 e. The Kier molecular flexibility index (Phi) is 11.9. The van der Waals surface area contributed by atoms with Crippen molar-refractivity contribution in [2.75, 3.05) is 13.3 Å². The highest BCUT2D eigenvalue weighted by atomic mass is 16.4. The van der Waals surface area contributed by atoms with Gasteiger partial charge in [-0.25, -0.2) is 9.97 Å². The Morgan fingerprint density at radius 1 is 0.653 bits per heavy atom. The molecule has 3 aromatic rings. The lowest BCUT2D eigenvalue weighted by atomic mass is 10.00. The second kappa shape index (κ2) is 15.9. The first kappa shape index (κ1) is 36.8. The van der Waals surface area contributed by atoms with Crippen molar-refractivity contribution in [3.63, 3.8) is 0 Å². The Morgan fingerprint density at radius 2 is 1.12 bits per heavy atom. The van der Waals surface area contributed by atoms with Crippen LogP contribution in [0.15, 0.2) is 24.3 Å². The number of carboxylic acids is 2. The quantitative estimate of drug-likeness (QED) is 0.132. The van der Waals surface area contributed by atoms with Crippen LogP contribution in [0.2, 0.25) is 0 Å². The lowest BCUT2D eigenvalue weighted by Gasteiger charge is -2.03. The summed E-state index contributed by atoms with van der Waals surface area (Å²) in [5, 5.41) is 36.8. The third kappa shape index (κ3) is 8.15. The first-order valence-corrected chi connectivity index (χ1v) is 16.4. The summed E-state index contributed by atoms with van der Waals surface area (Å²) >= 11 is 0.